The second-order valence-corrected chi connectivity index (χ2v) is 6.67. The lowest BCUT2D eigenvalue weighted by atomic mass is 10.2. The van der Waals surface area contributed by atoms with E-state index in [0.717, 1.165) is 48.3 Å². The molecule has 0 amide bonds. The van der Waals surface area contributed by atoms with Gasteiger partial charge in [0.25, 0.3) is 0 Å². The zero-order valence-corrected chi connectivity index (χ0v) is 15.3. The first-order valence-electron chi connectivity index (χ1n) is 8.46. The molecule has 3 aromatic rings. The highest BCUT2D eigenvalue weighted by molar-refractivity contribution is 6.34. The molecule has 1 N–H and O–H groups in total. The summed E-state index contributed by atoms with van der Waals surface area (Å²) in [5.74, 6) is 0.935. The molecule has 0 aliphatic heterocycles. The lowest BCUT2D eigenvalue weighted by molar-refractivity contribution is 0.0687. The summed E-state index contributed by atoms with van der Waals surface area (Å²) in [7, 11) is 0. The molecule has 6 nitrogen and oxygen atoms in total. The normalized spacial score (nSPS) is 11.9. The van der Waals surface area contributed by atoms with Gasteiger partial charge in [0.15, 0.2) is 0 Å². The van der Waals surface area contributed by atoms with Crippen molar-refractivity contribution < 1.29 is 9.15 Å². The molecule has 0 unspecified atom stereocenters. The fourth-order valence-electron chi connectivity index (χ4n) is 2.76. The van der Waals surface area contributed by atoms with Gasteiger partial charge in [-0.3, -0.25) is 15.0 Å². The molecule has 3 heterocycles. The monoisotopic (exact) mass is 362 g/mol. The Hall–Kier alpha value is -1.89. The molecule has 0 saturated heterocycles. The maximum atomic E-state index is 6.13. The highest BCUT2D eigenvalue weighted by Crippen LogP contribution is 2.23. The van der Waals surface area contributed by atoms with E-state index in [1.807, 2.05) is 32.2 Å². The molecule has 0 saturated carbocycles. The van der Waals surface area contributed by atoms with E-state index >= 15 is 0 Å². The van der Waals surface area contributed by atoms with Gasteiger partial charge in [0.2, 0.25) is 0 Å². The van der Waals surface area contributed by atoms with E-state index in [1.165, 1.54) is 0 Å². The SMILES string of the molecule is CC(C)OCCCN(Cc1ccco1)Cc1cncc2c(Cl)[nH]nc12. The summed E-state index contributed by atoms with van der Waals surface area (Å²) >= 11 is 6.13. The molecule has 0 atom stereocenters. The molecule has 3 aromatic heterocycles. The number of furan rings is 1. The van der Waals surface area contributed by atoms with Gasteiger partial charge in [0, 0.05) is 37.7 Å². The standard InChI is InChI=1S/C18H23ClN4O2/c1-13(2)24-8-4-6-23(12-15-5-3-7-25-15)11-14-9-20-10-16-17(14)21-22-18(16)19/h3,5,7,9-10,13H,4,6,8,11-12H2,1-2H3,(H,21,22). The molecule has 0 radical (unpaired) electrons. The van der Waals surface area contributed by atoms with Gasteiger partial charge in [-0.2, -0.15) is 5.10 Å². The molecular formula is C18H23ClN4O2. The number of ether oxygens (including phenoxy) is 1. The predicted octanol–water partition coefficient (Wildman–Crippen LogP) is 4.02. The van der Waals surface area contributed by atoms with Crippen molar-refractivity contribution in [3.8, 4) is 0 Å². The van der Waals surface area contributed by atoms with Gasteiger partial charge in [-0.1, -0.05) is 11.6 Å². The fourth-order valence-corrected chi connectivity index (χ4v) is 2.94. The van der Waals surface area contributed by atoms with Crippen molar-refractivity contribution in [2.75, 3.05) is 13.2 Å². The number of halogens is 1. The summed E-state index contributed by atoms with van der Waals surface area (Å²) in [6, 6.07) is 3.90. The first-order chi connectivity index (χ1) is 12.1. The molecular weight excluding hydrogens is 340 g/mol. The first kappa shape index (κ1) is 17.9. The Labute approximate surface area is 152 Å². The minimum Gasteiger partial charge on any atom is -0.468 e. The number of pyridine rings is 1. The summed E-state index contributed by atoms with van der Waals surface area (Å²) in [5, 5.41) is 8.50. The number of nitrogens with one attached hydrogen (secondary N) is 1. The minimum atomic E-state index is 0.252. The molecule has 134 valence electrons. The number of nitrogens with zero attached hydrogens (tertiary/aromatic N) is 3. The zero-order valence-electron chi connectivity index (χ0n) is 14.5. The van der Waals surface area contributed by atoms with E-state index in [4.69, 9.17) is 20.8 Å². The van der Waals surface area contributed by atoms with Crippen LogP contribution in [0.25, 0.3) is 10.9 Å². The van der Waals surface area contributed by atoms with Gasteiger partial charge < -0.3 is 9.15 Å². The van der Waals surface area contributed by atoms with Crippen LogP contribution in [0.5, 0.6) is 0 Å². The van der Waals surface area contributed by atoms with Crippen LogP contribution in [0.3, 0.4) is 0 Å². The van der Waals surface area contributed by atoms with Gasteiger partial charge >= 0.3 is 0 Å². The van der Waals surface area contributed by atoms with Crippen molar-refractivity contribution in [3.05, 3.63) is 47.3 Å². The number of hydrogen-bond donors (Lipinski definition) is 1. The molecule has 0 spiro atoms. The smallest absolute Gasteiger partial charge is 0.133 e. The molecule has 25 heavy (non-hydrogen) atoms. The van der Waals surface area contributed by atoms with Crippen LogP contribution >= 0.6 is 11.6 Å². The maximum Gasteiger partial charge on any atom is 0.133 e. The Balaban J connectivity index is 1.71. The summed E-state index contributed by atoms with van der Waals surface area (Å²) < 4.78 is 11.2. The third-order valence-corrected chi connectivity index (χ3v) is 4.21. The van der Waals surface area contributed by atoms with Crippen LogP contribution in [0.1, 0.15) is 31.6 Å². The zero-order chi connectivity index (χ0) is 17.6. The van der Waals surface area contributed by atoms with Crippen LogP contribution in [0.2, 0.25) is 5.15 Å². The highest BCUT2D eigenvalue weighted by atomic mass is 35.5. The number of fused-ring (bicyclic) bond motifs is 1. The number of hydrogen-bond acceptors (Lipinski definition) is 5. The van der Waals surface area contributed by atoms with E-state index in [1.54, 1.807) is 12.5 Å². The topological polar surface area (TPSA) is 67.2 Å². The van der Waals surface area contributed by atoms with Crippen molar-refractivity contribution in [1.29, 1.82) is 0 Å². The molecule has 0 aliphatic carbocycles. The second-order valence-electron chi connectivity index (χ2n) is 6.30. The van der Waals surface area contributed by atoms with E-state index in [9.17, 15) is 0 Å². The lowest BCUT2D eigenvalue weighted by Gasteiger charge is -2.21. The van der Waals surface area contributed by atoms with Crippen molar-refractivity contribution in [1.82, 2.24) is 20.1 Å². The lowest BCUT2D eigenvalue weighted by Crippen LogP contribution is -2.25. The molecule has 0 aliphatic rings. The third kappa shape index (κ3) is 4.81. The van der Waals surface area contributed by atoms with Crippen LogP contribution in [0.15, 0.2) is 35.2 Å². The van der Waals surface area contributed by atoms with Crippen LogP contribution in [-0.2, 0) is 17.8 Å². The van der Waals surface area contributed by atoms with Crippen molar-refractivity contribution in [2.24, 2.45) is 0 Å². The van der Waals surface area contributed by atoms with E-state index < -0.39 is 0 Å². The van der Waals surface area contributed by atoms with Crippen LogP contribution in [-0.4, -0.2) is 39.3 Å². The number of aromatic nitrogens is 3. The molecule has 3 rings (SSSR count). The summed E-state index contributed by atoms with van der Waals surface area (Å²) in [4.78, 5) is 6.60. The molecule has 0 fully saturated rings. The Morgan fingerprint density at radius 1 is 1.32 bits per heavy atom. The van der Waals surface area contributed by atoms with Crippen molar-refractivity contribution in [2.45, 2.75) is 39.5 Å². The van der Waals surface area contributed by atoms with Crippen LogP contribution < -0.4 is 0 Å². The molecule has 7 heteroatoms. The predicted molar refractivity (Wildman–Crippen MR) is 97.4 cm³/mol. The summed E-state index contributed by atoms with van der Waals surface area (Å²) in [6.45, 7) is 7.17. The van der Waals surface area contributed by atoms with E-state index in [0.29, 0.717) is 11.7 Å². The van der Waals surface area contributed by atoms with E-state index in [2.05, 4.69) is 20.1 Å². The summed E-state index contributed by atoms with van der Waals surface area (Å²) in [6.07, 6.45) is 6.48. The van der Waals surface area contributed by atoms with Gasteiger partial charge in [0.1, 0.15) is 16.4 Å². The Morgan fingerprint density at radius 2 is 2.20 bits per heavy atom. The number of aromatic amines is 1. The van der Waals surface area contributed by atoms with Crippen LogP contribution in [0, 0.1) is 0 Å². The van der Waals surface area contributed by atoms with E-state index in [-0.39, 0.29) is 6.10 Å². The average Bonchev–Trinajstić information content (AvgIpc) is 3.22. The Kier molecular flexibility index (Phi) is 6.07. The summed E-state index contributed by atoms with van der Waals surface area (Å²) in [5.41, 5.74) is 1.90. The Morgan fingerprint density at radius 3 is 2.96 bits per heavy atom. The van der Waals surface area contributed by atoms with Crippen LogP contribution in [0.4, 0.5) is 0 Å². The van der Waals surface area contributed by atoms with Gasteiger partial charge in [-0.15, -0.1) is 0 Å². The number of rotatable bonds is 9. The van der Waals surface area contributed by atoms with Gasteiger partial charge in [-0.25, -0.2) is 0 Å². The third-order valence-electron chi connectivity index (χ3n) is 3.92. The molecule has 0 aromatic carbocycles. The minimum absolute atomic E-state index is 0.252. The van der Waals surface area contributed by atoms with Crippen molar-refractivity contribution >= 4 is 22.5 Å². The molecule has 0 bridgehead atoms. The fraction of sp³-hybridized carbons (Fsp3) is 0.444. The average molecular weight is 363 g/mol. The van der Waals surface area contributed by atoms with Crippen molar-refractivity contribution in [3.63, 3.8) is 0 Å². The van der Waals surface area contributed by atoms with Gasteiger partial charge in [-0.05, 0) is 32.4 Å². The Bertz CT molecular complexity index is 786. The van der Waals surface area contributed by atoms with Gasteiger partial charge in [0.05, 0.1) is 24.3 Å². The second kappa shape index (κ2) is 8.47. The maximum absolute atomic E-state index is 6.13. The largest absolute Gasteiger partial charge is 0.468 e. The highest BCUT2D eigenvalue weighted by Gasteiger charge is 2.14. The number of H-pyrrole nitrogens is 1. The quantitative estimate of drug-likeness (QED) is 0.582. The first-order valence-corrected chi connectivity index (χ1v) is 8.84.